The smallest absolute Gasteiger partial charge is 0.356 e. The van der Waals surface area contributed by atoms with Gasteiger partial charge in [-0.15, -0.1) is 0 Å². The summed E-state index contributed by atoms with van der Waals surface area (Å²) in [5, 5.41) is 73.8. The van der Waals surface area contributed by atoms with E-state index in [0.29, 0.717) is 0 Å². The fraction of sp³-hybridized carbons (Fsp3) is 0. The summed E-state index contributed by atoms with van der Waals surface area (Å²) >= 11 is 0. The van der Waals surface area contributed by atoms with E-state index in [2.05, 4.69) is 0 Å². The van der Waals surface area contributed by atoms with Crippen LogP contribution in [0.15, 0.2) is 0 Å². The molecule has 0 amide bonds. The van der Waals surface area contributed by atoms with Gasteiger partial charge in [0.2, 0.25) is 0 Å². The van der Waals surface area contributed by atoms with Crippen LogP contribution in [0.2, 0.25) is 0 Å². The zero-order valence-corrected chi connectivity index (χ0v) is 10.4. The molecule has 0 rings (SSSR count). The predicted molar refractivity (Wildman–Crippen MR) is 51.8 cm³/mol. The maximum atomic E-state index is 8.25. The van der Waals surface area contributed by atoms with Gasteiger partial charge in [0.1, 0.15) is 0 Å². The van der Waals surface area contributed by atoms with E-state index in [9.17, 15) is 0 Å². The molecule has 21 heavy (non-hydrogen) atoms. The van der Waals surface area contributed by atoms with Gasteiger partial charge in [-0.3, -0.25) is 0 Å². The standard InChI is InChI=1S/5NO3.Ti/c5*2-1(3)4;/q5*-1;+5. The number of hydrogen-bond acceptors (Lipinski definition) is 15. The Kier molecular flexibility index (Phi) is 51.7. The summed E-state index contributed by atoms with van der Waals surface area (Å²) in [6.45, 7) is 0. The molecule has 0 aromatic heterocycles. The summed E-state index contributed by atoms with van der Waals surface area (Å²) in [5.41, 5.74) is 0. The summed E-state index contributed by atoms with van der Waals surface area (Å²) in [7, 11) is 0. The molecule has 0 saturated heterocycles. The average molecular weight is 358 g/mol. The average Bonchev–Trinajstić information content (AvgIpc) is 1.94. The van der Waals surface area contributed by atoms with E-state index in [1.807, 2.05) is 0 Å². The SMILES string of the molecule is O=[N+]([O-])[O-].O=[N+]([O-])[O-].O=[N+]([O-])[O-].O=[N+]([O-])[O-].O=[N+]([O-])[O-].[Ti+5]. The van der Waals surface area contributed by atoms with E-state index in [-0.39, 0.29) is 21.7 Å². The van der Waals surface area contributed by atoms with Crippen LogP contribution >= 0.6 is 0 Å². The summed E-state index contributed by atoms with van der Waals surface area (Å²) in [4.78, 5) is 41.2. The third kappa shape index (κ3) is 335. The van der Waals surface area contributed by atoms with Crippen LogP contribution < -0.4 is 0 Å². The van der Waals surface area contributed by atoms with Gasteiger partial charge in [0.15, 0.2) is 0 Å². The molecule has 0 aliphatic rings. The van der Waals surface area contributed by atoms with Crippen molar-refractivity contribution in [2.75, 3.05) is 0 Å². The normalized spacial score (nSPS) is 5.71. The predicted octanol–water partition coefficient (Wildman–Crippen LogP) is -1.20. The van der Waals surface area contributed by atoms with Crippen molar-refractivity contribution >= 4 is 0 Å². The minimum Gasteiger partial charge on any atom is -0.356 e. The molecule has 0 radical (unpaired) electrons. The van der Waals surface area contributed by atoms with Gasteiger partial charge in [-0.25, -0.2) is 0 Å². The summed E-state index contributed by atoms with van der Waals surface area (Å²) in [5.74, 6) is 0. The summed E-state index contributed by atoms with van der Waals surface area (Å²) < 4.78 is 0. The molecule has 0 aliphatic carbocycles. The second kappa shape index (κ2) is 30.1. The van der Waals surface area contributed by atoms with Crippen LogP contribution in [-0.2, 0) is 21.7 Å². The summed E-state index contributed by atoms with van der Waals surface area (Å²) in [6, 6.07) is 0. The van der Waals surface area contributed by atoms with Gasteiger partial charge in [0.05, 0.1) is 25.4 Å². The molecule has 0 heterocycles. The van der Waals surface area contributed by atoms with Crippen molar-refractivity contribution in [3.63, 3.8) is 0 Å². The third-order valence-corrected chi connectivity index (χ3v) is 0. The molecule has 0 fully saturated rings. The molecule has 0 bridgehead atoms. The van der Waals surface area contributed by atoms with Crippen molar-refractivity contribution in [1.82, 2.24) is 0 Å². The second-order valence-electron chi connectivity index (χ2n) is 1.12. The third-order valence-electron chi connectivity index (χ3n) is 0. The van der Waals surface area contributed by atoms with Gasteiger partial charge in [-0.2, -0.15) is 0 Å². The van der Waals surface area contributed by atoms with Crippen molar-refractivity contribution in [1.29, 1.82) is 0 Å². The Morgan fingerprint density at radius 3 is 0.333 bits per heavy atom. The Morgan fingerprint density at radius 2 is 0.333 bits per heavy atom. The van der Waals surface area contributed by atoms with Gasteiger partial charge in [0, 0.05) is 0 Å². The zero-order chi connectivity index (χ0) is 17.9. The van der Waals surface area contributed by atoms with Crippen molar-refractivity contribution in [2.45, 2.75) is 0 Å². The van der Waals surface area contributed by atoms with Crippen molar-refractivity contribution < 1.29 is 47.2 Å². The van der Waals surface area contributed by atoms with Gasteiger partial charge in [-0.05, 0) is 0 Å². The zero-order valence-electron chi connectivity index (χ0n) is 8.86. The molecule has 0 aromatic rings. The van der Waals surface area contributed by atoms with E-state index in [1.54, 1.807) is 0 Å². The molecule has 21 heteroatoms. The maximum absolute atomic E-state index is 8.25. The van der Waals surface area contributed by atoms with Crippen molar-refractivity contribution in [3.8, 4) is 0 Å². The van der Waals surface area contributed by atoms with Gasteiger partial charge < -0.3 is 76.6 Å². The molecule has 0 unspecified atom stereocenters. The molecule has 0 spiro atoms. The first kappa shape index (κ1) is 36.1. The van der Waals surface area contributed by atoms with E-state index in [4.69, 9.17) is 76.6 Å². The molecule has 0 saturated carbocycles. The number of hydrogen-bond donors (Lipinski definition) is 0. The topological polar surface area (TPSA) is 331 Å². The quantitative estimate of drug-likeness (QED) is 0.278. The largest absolute Gasteiger partial charge is 5.00 e. The second-order valence-corrected chi connectivity index (χ2v) is 1.12. The minimum absolute atomic E-state index is 0. The maximum Gasteiger partial charge on any atom is 5.00 e. The Morgan fingerprint density at radius 1 is 0.333 bits per heavy atom. The Labute approximate surface area is 124 Å². The van der Waals surface area contributed by atoms with Crippen molar-refractivity contribution in [2.24, 2.45) is 0 Å². The molecule has 0 atom stereocenters. The molecule has 119 valence electrons. The Bertz CT molecular complexity index is 207. The fourth-order valence-electron chi connectivity index (χ4n) is 0. The van der Waals surface area contributed by atoms with Crippen LogP contribution in [0.25, 0.3) is 0 Å². The van der Waals surface area contributed by atoms with E-state index in [0.717, 1.165) is 0 Å². The first-order valence-electron chi connectivity index (χ1n) is 2.74. The van der Waals surface area contributed by atoms with Crippen molar-refractivity contribution in [3.05, 3.63) is 76.6 Å². The first-order valence-corrected chi connectivity index (χ1v) is 2.74. The first-order chi connectivity index (χ1) is 8.66. The fourth-order valence-corrected chi connectivity index (χ4v) is 0. The molecule has 0 N–H and O–H groups in total. The molecule has 20 nitrogen and oxygen atoms in total. The van der Waals surface area contributed by atoms with E-state index >= 15 is 0 Å². The van der Waals surface area contributed by atoms with Crippen LogP contribution in [-0.4, -0.2) is 25.4 Å². The minimum atomic E-state index is -1.75. The van der Waals surface area contributed by atoms with E-state index < -0.39 is 25.4 Å². The van der Waals surface area contributed by atoms with Crippen LogP contribution in [0.5, 0.6) is 0 Å². The van der Waals surface area contributed by atoms with Crippen LogP contribution in [0, 0.1) is 76.6 Å². The Hall–Kier alpha value is -3.29. The van der Waals surface area contributed by atoms with E-state index in [1.165, 1.54) is 0 Å². The molecular weight excluding hydrogens is 358 g/mol. The van der Waals surface area contributed by atoms with Gasteiger partial charge >= 0.3 is 21.7 Å². The molecule has 0 aromatic carbocycles. The monoisotopic (exact) mass is 358 g/mol. The molecular formula is N5O15Ti. The number of rotatable bonds is 0. The molecule has 0 aliphatic heterocycles. The number of nitrogens with zero attached hydrogens (tertiary/aromatic N) is 5. The van der Waals surface area contributed by atoms with Crippen LogP contribution in [0.3, 0.4) is 0 Å². The van der Waals surface area contributed by atoms with Gasteiger partial charge in [0.25, 0.3) is 0 Å². The van der Waals surface area contributed by atoms with Crippen LogP contribution in [0.1, 0.15) is 0 Å². The van der Waals surface area contributed by atoms with Gasteiger partial charge in [-0.1, -0.05) is 0 Å². The van der Waals surface area contributed by atoms with Crippen LogP contribution in [0.4, 0.5) is 0 Å². The summed E-state index contributed by atoms with van der Waals surface area (Å²) in [6.07, 6.45) is 0. The Balaban J connectivity index is -0.0000000331.